The number of hydrogen-bond donors (Lipinski definition) is 0. The summed E-state index contributed by atoms with van der Waals surface area (Å²) in [5.74, 6) is 0.432. The summed E-state index contributed by atoms with van der Waals surface area (Å²) < 4.78 is 0. The van der Waals surface area contributed by atoms with Crippen LogP contribution in [0.15, 0.2) is 24.3 Å². The van der Waals surface area contributed by atoms with Gasteiger partial charge in [-0.15, -0.1) is 0 Å². The monoisotopic (exact) mass is 340 g/mol. The van der Waals surface area contributed by atoms with Gasteiger partial charge in [0.05, 0.1) is 12.6 Å². The maximum atomic E-state index is 13.0. The average molecular weight is 340 g/mol. The largest absolute Gasteiger partial charge is 0.331 e. The minimum Gasteiger partial charge on any atom is -0.331 e. The molecule has 0 bridgehead atoms. The van der Waals surface area contributed by atoms with Gasteiger partial charge in [-0.05, 0) is 24.0 Å². The number of amides is 2. The molecule has 2 amide bonds. The molecule has 1 aromatic rings. The molecule has 1 aliphatic carbocycles. The maximum absolute atomic E-state index is 13.0. The highest BCUT2D eigenvalue weighted by Crippen LogP contribution is 2.41. The summed E-state index contributed by atoms with van der Waals surface area (Å²) >= 11 is 0. The van der Waals surface area contributed by atoms with Crippen molar-refractivity contribution in [2.75, 3.05) is 19.6 Å². The minimum atomic E-state index is -0.0434. The summed E-state index contributed by atoms with van der Waals surface area (Å²) in [6.45, 7) is 6.04. The third-order valence-electron chi connectivity index (χ3n) is 6.30. The second-order valence-corrected chi connectivity index (χ2v) is 8.56. The molecule has 25 heavy (non-hydrogen) atoms. The van der Waals surface area contributed by atoms with Crippen molar-refractivity contribution < 1.29 is 9.59 Å². The number of carbonyl (C=O) groups is 2. The minimum absolute atomic E-state index is 0.0121. The molecule has 0 aromatic heterocycles. The fraction of sp³-hybridized carbons (Fsp3) is 0.619. The van der Waals surface area contributed by atoms with Crippen molar-refractivity contribution >= 4 is 11.8 Å². The lowest BCUT2D eigenvalue weighted by Crippen LogP contribution is -2.59. The van der Waals surface area contributed by atoms with Crippen LogP contribution in [0.1, 0.15) is 63.1 Å². The topological polar surface area (TPSA) is 40.6 Å². The average Bonchev–Trinajstić information content (AvgIpc) is 2.63. The van der Waals surface area contributed by atoms with Gasteiger partial charge in [-0.3, -0.25) is 9.59 Å². The lowest BCUT2D eigenvalue weighted by atomic mass is 9.75. The molecule has 2 aliphatic heterocycles. The quantitative estimate of drug-likeness (QED) is 0.787. The number of fused-ring (bicyclic) bond motifs is 3. The van der Waals surface area contributed by atoms with Gasteiger partial charge in [0.2, 0.25) is 11.8 Å². The van der Waals surface area contributed by atoms with Crippen molar-refractivity contribution in [1.82, 2.24) is 9.80 Å². The highest BCUT2D eigenvalue weighted by molar-refractivity contribution is 5.88. The molecule has 2 heterocycles. The number of carbonyl (C=O) groups excluding carboxylic acids is 2. The van der Waals surface area contributed by atoms with Gasteiger partial charge < -0.3 is 9.80 Å². The second kappa shape index (κ2) is 6.15. The van der Waals surface area contributed by atoms with Crippen molar-refractivity contribution in [2.45, 2.75) is 57.4 Å². The van der Waals surface area contributed by atoms with E-state index in [1.165, 1.54) is 17.5 Å². The predicted octanol–water partition coefficient (Wildman–Crippen LogP) is 3.27. The Kier molecular flexibility index (Phi) is 4.09. The predicted molar refractivity (Wildman–Crippen MR) is 97.1 cm³/mol. The molecule has 0 N–H and O–H groups in total. The van der Waals surface area contributed by atoms with Gasteiger partial charge in [-0.25, -0.2) is 0 Å². The molecular weight excluding hydrogens is 312 g/mol. The number of hydrogen-bond acceptors (Lipinski definition) is 2. The van der Waals surface area contributed by atoms with E-state index in [0.29, 0.717) is 6.54 Å². The summed E-state index contributed by atoms with van der Waals surface area (Å²) in [7, 11) is 0. The van der Waals surface area contributed by atoms with Crippen molar-refractivity contribution in [1.29, 1.82) is 0 Å². The molecule has 4 nitrogen and oxygen atoms in total. The first-order chi connectivity index (χ1) is 12.0. The van der Waals surface area contributed by atoms with E-state index in [2.05, 4.69) is 32.0 Å². The van der Waals surface area contributed by atoms with Crippen LogP contribution >= 0.6 is 0 Å². The van der Waals surface area contributed by atoms with Crippen LogP contribution < -0.4 is 0 Å². The van der Waals surface area contributed by atoms with E-state index < -0.39 is 0 Å². The van der Waals surface area contributed by atoms with Crippen LogP contribution in [0.25, 0.3) is 0 Å². The molecule has 1 atom stereocenters. The van der Waals surface area contributed by atoms with Gasteiger partial charge in [0.15, 0.2) is 0 Å². The molecule has 4 heteroatoms. The number of rotatable bonds is 1. The Balaban J connectivity index is 1.62. The molecule has 134 valence electrons. The van der Waals surface area contributed by atoms with E-state index in [9.17, 15) is 9.59 Å². The molecule has 1 unspecified atom stereocenters. The zero-order valence-electron chi connectivity index (χ0n) is 15.3. The molecular formula is C21H28N2O2. The zero-order valence-corrected chi connectivity index (χ0v) is 15.3. The Hall–Kier alpha value is -1.84. The van der Waals surface area contributed by atoms with Crippen LogP contribution in [-0.2, 0) is 15.0 Å². The molecule has 3 aliphatic rings. The van der Waals surface area contributed by atoms with Crippen LogP contribution in [0.5, 0.6) is 0 Å². The Bertz CT molecular complexity index is 691. The third-order valence-corrected chi connectivity index (χ3v) is 6.30. The van der Waals surface area contributed by atoms with Gasteiger partial charge in [-0.2, -0.15) is 0 Å². The molecule has 2 fully saturated rings. The Morgan fingerprint density at radius 3 is 2.60 bits per heavy atom. The lowest BCUT2D eigenvalue weighted by Gasteiger charge is -2.50. The highest BCUT2D eigenvalue weighted by atomic mass is 16.2. The van der Waals surface area contributed by atoms with Gasteiger partial charge in [0, 0.05) is 24.4 Å². The fourth-order valence-electron chi connectivity index (χ4n) is 4.95. The molecule has 4 rings (SSSR count). The van der Waals surface area contributed by atoms with E-state index in [0.717, 1.165) is 32.2 Å². The number of nitrogens with zero attached hydrogens (tertiary/aromatic N) is 2. The highest BCUT2D eigenvalue weighted by Gasteiger charge is 2.44. The summed E-state index contributed by atoms with van der Waals surface area (Å²) in [5, 5.41) is 0. The number of benzene rings is 1. The third kappa shape index (κ3) is 2.86. The molecule has 0 spiro atoms. The van der Waals surface area contributed by atoms with E-state index in [-0.39, 0.29) is 35.7 Å². The van der Waals surface area contributed by atoms with Crippen LogP contribution in [0, 0.1) is 5.92 Å². The van der Waals surface area contributed by atoms with E-state index in [1.54, 1.807) is 0 Å². The van der Waals surface area contributed by atoms with Gasteiger partial charge >= 0.3 is 0 Å². The standard InChI is InChI=1S/C21H28N2O2/c1-21(2)14-23-18(16-10-6-7-11-17(16)21)12-22(13-19(23)24)20(25)15-8-4-3-5-9-15/h6-7,10-11,15,18H,3-5,8-9,12-14H2,1-2H3. The van der Waals surface area contributed by atoms with E-state index in [1.807, 2.05) is 15.9 Å². The summed E-state index contributed by atoms with van der Waals surface area (Å²) in [6, 6.07) is 8.45. The van der Waals surface area contributed by atoms with Crippen molar-refractivity contribution in [3.05, 3.63) is 35.4 Å². The Labute approximate surface area is 150 Å². The molecule has 1 aromatic carbocycles. The Morgan fingerprint density at radius 1 is 1.12 bits per heavy atom. The summed E-state index contributed by atoms with van der Waals surface area (Å²) in [6.07, 6.45) is 5.50. The fourth-order valence-corrected chi connectivity index (χ4v) is 4.95. The van der Waals surface area contributed by atoms with E-state index >= 15 is 0 Å². The van der Waals surface area contributed by atoms with Crippen LogP contribution in [0.3, 0.4) is 0 Å². The first-order valence-electron chi connectivity index (χ1n) is 9.65. The van der Waals surface area contributed by atoms with Crippen LogP contribution in [-0.4, -0.2) is 41.2 Å². The maximum Gasteiger partial charge on any atom is 0.242 e. The molecule has 1 saturated heterocycles. The van der Waals surface area contributed by atoms with Gasteiger partial charge in [-0.1, -0.05) is 57.4 Å². The van der Waals surface area contributed by atoms with Crippen LogP contribution in [0.2, 0.25) is 0 Å². The van der Waals surface area contributed by atoms with Crippen LogP contribution in [0.4, 0.5) is 0 Å². The van der Waals surface area contributed by atoms with Gasteiger partial charge in [0.25, 0.3) is 0 Å². The molecule has 1 saturated carbocycles. The van der Waals surface area contributed by atoms with E-state index in [4.69, 9.17) is 0 Å². The normalized spacial score (nSPS) is 26.2. The zero-order chi connectivity index (χ0) is 17.6. The SMILES string of the molecule is CC1(C)CN2C(=O)CN(C(=O)C3CCCCC3)CC2c2ccccc21. The van der Waals surface area contributed by atoms with Crippen molar-refractivity contribution in [3.63, 3.8) is 0 Å². The summed E-state index contributed by atoms with van der Waals surface area (Å²) in [4.78, 5) is 29.7. The smallest absolute Gasteiger partial charge is 0.242 e. The first kappa shape index (κ1) is 16.6. The van der Waals surface area contributed by atoms with Crippen molar-refractivity contribution in [2.24, 2.45) is 5.92 Å². The molecule has 0 radical (unpaired) electrons. The Morgan fingerprint density at radius 2 is 1.84 bits per heavy atom. The van der Waals surface area contributed by atoms with Crippen molar-refractivity contribution in [3.8, 4) is 0 Å². The summed E-state index contributed by atoms with van der Waals surface area (Å²) in [5.41, 5.74) is 2.49. The first-order valence-corrected chi connectivity index (χ1v) is 9.65. The lowest BCUT2D eigenvalue weighted by molar-refractivity contribution is -0.153. The van der Waals surface area contributed by atoms with Gasteiger partial charge in [0.1, 0.15) is 0 Å². The second-order valence-electron chi connectivity index (χ2n) is 8.56. The number of piperazine rings is 1.